The predicted molar refractivity (Wildman–Crippen MR) is 124 cm³/mol. The number of carbonyl (C=O) groups is 2. The van der Waals surface area contributed by atoms with E-state index in [0.29, 0.717) is 12.3 Å². The molecule has 0 heterocycles. The first-order valence-corrected chi connectivity index (χ1v) is 10.5. The first-order chi connectivity index (χ1) is 14.7. The molecule has 1 N–H and O–H groups in total. The summed E-state index contributed by atoms with van der Waals surface area (Å²) < 4.78 is 5.91. The number of amides is 2. The van der Waals surface area contributed by atoms with Gasteiger partial charge in [0.2, 0.25) is 5.91 Å². The van der Waals surface area contributed by atoms with Gasteiger partial charge >= 0.3 is 0 Å². The molecule has 5 heteroatoms. The number of rotatable bonds is 7. The van der Waals surface area contributed by atoms with Crippen molar-refractivity contribution in [2.24, 2.45) is 0 Å². The molecule has 0 aliphatic carbocycles. The maximum Gasteiger partial charge on any atom is 0.261 e. The second kappa shape index (κ2) is 9.65. The van der Waals surface area contributed by atoms with Crippen LogP contribution in [0.2, 0.25) is 0 Å². The highest BCUT2D eigenvalue weighted by Gasteiger charge is 2.28. The summed E-state index contributed by atoms with van der Waals surface area (Å²) in [5.41, 5.74) is 0.572. The molecule has 31 heavy (non-hydrogen) atoms. The van der Waals surface area contributed by atoms with Gasteiger partial charge in [0.25, 0.3) is 5.91 Å². The third kappa shape index (κ3) is 6.07. The molecule has 0 bridgehead atoms. The van der Waals surface area contributed by atoms with Crippen LogP contribution in [0.3, 0.4) is 0 Å². The molecule has 0 spiro atoms. The minimum atomic E-state index is -0.636. The van der Waals surface area contributed by atoms with Crippen LogP contribution in [0.25, 0.3) is 10.8 Å². The SMILES string of the molecule is CC(C(=O)NC(C)(C)C)N(Cc1ccccc1)C(=O)COc1cccc2ccccc12. The van der Waals surface area contributed by atoms with E-state index in [1.807, 2.05) is 93.6 Å². The van der Waals surface area contributed by atoms with E-state index >= 15 is 0 Å². The number of nitrogens with one attached hydrogen (secondary N) is 1. The van der Waals surface area contributed by atoms with Crippen LogP contribution in [0, 0.1) is 0 Å². The minimum Gasteiger partial charge on any atom is -0.483 e. The smallest absolute Gasteiger partial charge is 0.261 e. The molecule has 0 aromatic heterocycles. The first kappa shape index (κ1) is 22.3. The Balaban J connectivity index is 1.78. The van der Waals surface area contributed by atoms with Crippen LogP contribution < -0.4 is 10.1 Å². The normalized spacial score (nSPS) is 12.3. The van der Waals surface area contributed by atoms with Gasteiger partial charge in [-0.1, -0.05) is 66.7 Å². The highest BCUT2D eigenvalue weighted by molar-refractivity contribution is 5.90. The number of nitrogens with zero attached hydrogens (tertiary/aromatic N) is 1. The lowest BCUT2D eigenvalue weighted by atomic mass is 10.1. The lowest BCUT2D eigenvalue weighted by Crippen LogP contribution is -2.53. The Morgan fingerprint density at radius 3 is 2.29 bits per heavy atom. The summed E-state index contributed by atoms with van der Waals surface area (Å²) in [6, 6.07) is 22.7. The third-order valence-electron chi connectivity index (χ3n) is 4.96. The van der Waals surface area contributed by atoms with Crippen LogP contribution in [-0.4, -0.2) is 34.9 Å². The molecule has 5 nitrogen and oxygen atoms in total. The molecule has 0 saturated carbocycles. The van der Waals surface area contributed by atoms with Gasteiger partial charge in [0.15, 0.2) is 6.61 Å². The maximum atomic E-state index is 13.2. The maximum absolute atomic E-state index is 13.2. The van der Waals surface area contributed by atoms with Crippen molar-refractivity contribution in [3.05, 3.63) is 78.4 Å². The Bertz CT molecular complexity index is 1040. The van der Waals surface area contributed by atoms with Crippen molar-refractivity contribution < 1.29 is 14.3 Å². The number of carbonyl (C=O) groups excluding carboxylic acids is 2. The highest BCUT2D eigenvalue weighted by atomic mass is 16.5. The zero-order valence-electron chi connectivity index (χ0n) is 18.6. The molecular weight excluding hydrogens is 388 g/mol. The Labute approximate surface area is 184 Å². The quantitative estimate of drug-likeness (QED) is 0.612. The molecular formula is C26H30N2O3. The molecule has 0 radical (unpaired) electrons. The summed E-state index contributed by atoms with van der Waals surface area (Å²) in [7, 11) is 0. The van der Waals surface area contributed by atoms with E-state index in [0.717, 1.165) is 16.3 Å². The van der Waals surface area contributed by atoms with Crippen molar-refractivity contribution in [3.8, 4) is 5.75 Å². The van der Waals surface area contributed by atoms with E-state index in [9.17, 15) is 9.59 Å². The van der Waals surface area contributed by atoms with Crippen molar-refractivity contribution in [2.75, 3.05) is 6.61 Å². The first-order valence-electron chi connectivity index (χ1n) is 10.5. The summed E-state index contributed by atoms with van der Waals surface area (Å²) in [6.07, 6.45) is 0. The van der Waals surface area contributed by atoms with Gasteiger partial charge in [-0.15, -0.1) is 0 Å². The van der Waals surface area contributed by atoms with Gasteiger partial charge in [-0.05, 0) is 44.7 Å². The van der Waals surface area contributed by atoms with Crippen LogP contribution in [0.5, 0.6) is 5.75 Å². The van der Waals surface area contributed by atoms with Gasteiger partial charge in [0.05, 0.1) is 0 Å². The molecule has 2 amide bonds. The molecule has 0 aliphatic heterocycles. The van der Waals surface area contributed by atoms with Crippen LogP contribution in [0.4, 0.5) is 0 Å². The number of benzene rings is 3. The summed E-state index contributed by atoms with van der Waals surface area (Å²) in [4.78, 5) is 27.6. The average Bonchev–Trinajstić information content (AvgIpc) is 2.75. The molecule has 0 aliphatic rings. The fourth-order valence-electron chi connectivity index (χ4n) is 3.38. The average molecular weight is 419 g/mol. The summed E-state index contributed by atoms with van der Waals surface area (Å²) in [5, 5.41) is 4.96. The van der Waals surface area contributed by atoms with Crippen molar-refractivity contribution >= 4 is 22.6 Å². The van der Waals surface area contributed by atoms with Gasteiger partial charge in [-0.3, -0.25) is 9.59 Å². The van der Waals surface area contributed by atoms with Gasteiger partial charge in [0.1, 0.15) is 11.8 Å². The van der Waals surface area contributed by atoms with E-state index < -0.39 is 6.04 Å². The molecule has 162 valence electrons. The summed E-state index contributed by atoms with van der Waals surface area (Å²) in [5.74, 6) is 0.216. The number of fused-ring (bicyclic) bond motifs is 1. The zero-order chi connectivity index (χ0) is 22.4. The zero-order valence-corrected chi connectivity index (χ0v) is 18.6. The number of hydrogen-bond acceptors (Lipinski definition) is 3. The monoisotopic (exact) mass is 418 g/mol. The fourth-order valence-corrected chi connectivity index (χ4v) is 3.38. The number of hydrogen-bond donors (Lipinski definition) is 1. The molecule has 3 aromatic carbocycles. The topological polar surface area (TPSA) is 58.6 Å². The van der Waals surface area contributed by atoms with Gasteiger partial charge in [0, 0.05) is 17.5 Å². The van der Waals surface area contributed by atoms with Crippen molar-refractivity contribution in [1.29, 1.82) is 0 Å². The fraction of sp³-hybridized carbons (Fsp3) is 0.308. The molecule has 1 unspecified atom stereocenters. The van der Waals surface area contributed by atoms with Crippen molar-refractivity contribution in [3.63, 3.8) is 0 Å². The van der Waals surface area contributed by atoms with E-state index in [-0.39, 0.29) is 24.0 Å². The largest absolute Gasteiger partial charge is 0.483 e. The Kier molecular flexibility index (Phi) is 6.95. The second-order valence-corrected chi connectivity index (χ2v) is 8.69. The molecule has 3 rings (SSSR count). The van der Waals surface area contributed by atoms with Gasteiger partial charge < -0.3 is 15.0 Å². The lowest BCUT2D eigenvalue weighted by Gasteiger charge is -2.31. The Hall–Kier alpha value is -3.34. The minimum absolute atomic E-state index is 0.145. The molecule has 0 saturated heterocycles. The van der Waals surface area contributed by atoms with E-state index in [4.69, 9.17) is 4.74 Å². The predicted octanol–water partition coefficient (Wildman–Crippen LogP) is 4.55. The standard InChI is InChI=1S/C26H30N2O3/c1-19(25(30)27-26(2,3)4)28(17-20-11-6-5-7-12-20)24(29)18-31-23-16-10-14-21-13-8-9-15-22(21)23/h5-16,19H,17-18H2,1-4H3,(H,27,30). The second-order valence-electron chi connectivity index (χ2n) is 8.69. The van der Waals surface area contributed by atoms with Crippen molar-refractivity contribution in [1.82, 2.24) is 10.2 Å². The van der Waals surface area contributed by atoms with Gasteiger partial charge in [-0.25, -0.2) is 0 Å². The van der Waals surface area contributed by atoms with Gasteiger partial charge in [-0.2, -0.15) is 0 Å². The molecule has 1 atom stereocenters. The Morgan fingerprint density at radius 2 is 1.58 bits per heavy atom. The summed E-state index contributed by atoms with van der Waals surface area (Å²) >= 11 is 0. The van der Waals surface area contributed by atoms with Crippen LogP contribution in [-0.2, 0) is 16.1 Å². The van der Waals surface area contributed by atoms with E-state index in [1.54, 1.807) is 11.8 Å². The lowest BCUT2D eigenvalue weighted by molar-refractivity contribution is -0.142. The van der Waals surface area contributed by atoms with E-state index in [1.165, 1.54) is 0 Å². The number of ether oxygens (including phenoxy) is 1. The van der Waals surface area contributed by atoms with Crippen LogP contribution in [0.1, 0.15) is 33.3 Å². The van der Waals surface area contributed by atoms with Crippen LogP contribution in [0.15, 0.2) is 72.8 Å². The highest BCUT2D eigenvalue weighted by Crippen LogP contribution is 2.25. The molecule has 0 fully saturated rings. The summed E-state index contributed by atoms with van der Waals surface area (Å²) in [6.45, 7) is 7.70. The third-order valence-corrected chi connectivity index (χ3v) is 4.96. The van der Waals surface area contributed by atoms with Crippen LogP contribution >= 0.6 is 0 Å². The Morgan fingerprint density at radius 1 is 0.935 bits per heavy atom. The van der Waals surface area contributed by atoms with E-state index in [2.05, 4.69) is 5.32 Å². The molecule has 3 aromatic rings. The van der Waals surface area contributed by atoms with Crippen molar-refractivity contribution in [2.45, 2.75) is 45.8 Å².